The number of rotatable bonds is 9. The highest BCUT2D eigenvalue weighted by atomic mass is 16.5. The molecule has 0 unspecified atom stereocenters. The third-order valence-electron chi connectivity index (χ3n) is 7.52. The molecule has 2 aliphatic rings. The molecule has 0 radical (unpaired) electrons. The number of carboxylic acid groups (broad SMARTS) is 1. The summed E-state index contributed by atoms with van der Waals surface area (Å²) in [6.45, 7) is 3.74. The zero-order chi connectivity index (χ0) is 26.6. The van der Waals surface area contributed by atoms with Crippen molar-refractivity contribution in [3.05, 3.63) is 94.5 Å². The number of fused-ring (bicyclic) bond motifs is 1. The molecule has 196 valence electrons. The zero-order valence-corrected chi connectivity index (χ0v) is 21.5. The first-order chi connectivity index (χ1) is 18.5. The number of nitrogens with one attached hydrogen (secondary N) is 1. The smallest absolute Gasteiger partial charge is 0.335 e. The molecule has 1 aliphatic carbocycles. The molecule has 1 fully saturated rings. The van der Waals surface area contributed by atoms with Crippen LogP contribution < -0.4 is 5.32 Å². The van der Waals surface area contributed by atoms with Crippen molar-refractivity contribution < 1.29 is 24.2 Å². The third kappa shape index (κ3) is 5.48. The summed E-state index contributed by atoms with van der Waals surface area (Å²) in [5, 5.41) is 12.6. The van der Waals surface area contributed by atoms with Gasteiger partial charge in [-0.3, -0.25) is 9.59 Å². The lowest BCUT2D eigenvalue weighted by Gasteiger charge is -2.32. The average Bonchev–Trinajstić information content (AvgIpc) is 3.76. The summed E-state index contributed by atoms with van der Waals surface area (Å²) in [5.74, 6) is -0.738. The fourth-order valence-corrected chi connectivity index (χ4v) is 5.36. The van der Waals surface area contributed by atoms with E-state index in [0.29, 0.717) is 32.7 Å². The molecule has 0 bridgehead atoms. The summed E-state index contributed by atoms with van der Waals surface area (Å²) in [7, 11) is 0. The van der Waals surface area contributed by atoms with E-state index in [1.54, 1.807) is 23.1 Å². The first-order valence-electron chi connectivity index (χ1n) is 13.1. The summed E-state index contributed by atoms with van der Waals surface area (Å²) in [6, 6.07) is 21.0. The van der Waals surface area contributed by atoms with Crippen molar-refractivity contribution >= 4 is 17.8 Å². The van der Waals surface area contributed by atoms with Crippen LogP contribution in [-0.2, 0) is 33.8 Å². The molecule has 7 heteroatoms. The fraction of sp³-hybridized carbons (Fsp3) is 0.323. The quantitative estimate of drug-likeness (QED) is 0.443. The Hall–Kier alpha value is -3.97. The summed E-state index contributed by atoms with van der Waals surface area (Å²) >= 11 is 0. The summed E-state index contributed by atoms with van der Waals surface area (Å²) in [5.41, 5.74) is 6.28. The van der Waals surface area contributed by atoms with Gasteiger partial charge in [0.1, 0.15) is 6.61 Å². The van der Waals surface area contributed by atoms with E-state index in [0.717, 1.165) is 34.2 Å². The molecule has 2 atom stereocenters. The first kappa shape index (κ1) is 25.7. The van der Waals surface area contributed by atoms with Crippen LogP contribution in [0.3, 0.4) is 0 Å². The number of hydrogen-bond donors (Lipinski definition) is 2. The van der Waals surface area contributed by atoms with Crippen molar-refractivity contribution in [3.63, 3.8) is 0 Å². The summed E-state index contributed by atoms with van der Waals surface area (Å²) in [6.07, 6.45) is 1.49. The second-order valence-electron chi connectivity index (χ2n) is 9.89. The van der Waals surface area contributed by atoms with Crippen LogP contribution in [0.15, 0.2) is 66.7 Å². The lowest BCUT2D eigenvalue weighted by atomic mass is 9.87. The Bertz CT molecular complexity index is 1350. The van der Waals surface area contributed by atoms with E-state index in [9.17, 15) is 19.5 Å². The van der Waals surface area contributed by atoms with Crippen LogP contribution >= 0.6 is 0 Å². The Balaban J connectivity index is 1.39. The highest BCUT2D eigenvalue weighted by Crippen LogP contribution is 2.47. The number of amides is 2. The van der Waals surface area contributed by atoms with Crippen LogP contribution in [-0.4, -0.2) is 47.5 Å². The molecule has 0 aromatic heterocycles. The van der Waals surface area contributed by atoms with Gasteiger partial charge >= 0.3 is 5.97 Å². The van der Waals surface area contributed by atoms with Gasteiger partial charge in [0, 0.05) is 32.2 Å². The Kier molecular flexibility index (Phi) is 7.56. The van der Waals surface area contributed by atoms with E-state index in [-0.39, 0.29) is 35.8 Å². The third-order valence-corrected chi connectivity index (χ3v) is 7.52. The summed E-state index contributed by atoms with van der Waals surface area (Å²) in [4.78, 5) is 39.1. The SMILES string of the molecule is CCOCC(=O)N1CCc2c(-c3cccc(C(=O)O)c3)ccc(CNC(=O)[C@H]3C[C@@H]3c3ccccc3)c2C1. The van der Waals surface area contributed by atoms with Gasteiger partial charge in [0.2, 0.25) is 11.8 Å². The fourth-order valence-electron chi connectivity index (χ4n) is 5.36. The maximum Gasteiger partial charge on any atom is 0.335 e. The molecule has 0 saturated heterocycles. The van der Waals surface area contributed by atoms with Gasteiger partial charge in [-0.2, -0.15) is 0 Å². The zero-order valence-electron chi connectivity index (χ0n) is 21.5. The summed E-state index contributed by atoms with van der Waals surface area (Å²) < 4.78 is 5.35. The van der Waals surface area contributed by atoms with Crippen molar-refractivity contribution in [3.8, 4) is 11.1 Å². The highest BCUT2D eigenvalue weighted by Gasteiger charge is 2.43. The molecule has 2 N–H and O–H groups in total. The minimum atomic E-state index is -0.971. The number of hydrogen-bond acceptors (Lipinski definition) is 4. The molecular weight excluding hydrogens is 480 g/mol. The predicted octanol–water partition coefficient (Wildman–Crippen LogP) is 4.39. The van der Waals surface area contributed by atoms with E-state index < -0.39 is 5.97 Å². The molecule has 7 nitrogen and oxygen atoms in total. The van der Waals surface area contributed by atoms with Crippen LogP contribution in [0, 0.1) is 5.92 Å². The Morgan fingerprint density at radius 1 is 1.03 bits per heavy atom. The van der Waals surface area contributed by atoms with Gasteiger partial charge in [0.25, 0.3) is 0 Å². The van der Waals surface area contributed by atoms with Crippen molar-refractivity contribution in [2.24, 2.45) is 5.92 Å². The topological polar surface area (TPSA) is 95.9 Å². The van der Waals surface area contributed by atoms with Gasteiger partial charge in [-0.05, 0) is 71.2 Å². The van der Waals surface area contributed by atoms with E-state index in [1.165, 1.54) is 5.56 Å². The van der Waals surface area contributed by atoms with Gasteiger partial charge in [-0.1, -0.05) is 54.6 Å². The van der Waals surface area contributed by atoms with Gasteiger partial charge in [0.15, 0.2) is 0 Å². The van der Waals surface area contributed by atoms with E-state index in [2.05, 4.69) is 17.4 Å². The number of carbonyl (C=O) groups is 3. The van der Waals surface area contributed by atoms with Crippen LogP contribution in [0.2, 0.25) is 0 Å². The minimum absolute atomic E-state index is 0.0180. The monoisotopic (exact) mass is 512 g/mol. The molecule has 0 spiro atoms. The number of benzene rings is 3. The number of ether oxygens (including phenoxy) is 1. The normalized spacial score (nSPS) is 18.0. The number of nitrogens with zero attached hydrogens (tertiary/aromatic N) is 1. The molecule has 1 saturated carbocycles. The van der Waals surface area contributed by atoms with Crippen molar-refractivity contribution in [2.45, 2.75) is 38.8 Å². The molecule has 38 heavy (non-hydrogen) atoms. The molecule has 2 amide bonds. The second kappa shape index (κ2) is 11.2. The lowest BCUT2D eigenvalue weighted by molar-refractivity contribution is -0.137. The molecule has 3 aromatic carbocycles. The highest BCUT2D eigenvalue weighted by molar-refractivity contribution is 5.90. The molecule has 3 aromatic rings. The van der Waals surface area contributed by atoms with Crippen molar-refractivity contribution in [1.29, 1.82) is 0 Å². The van der Waals surface area contributed by atoms with Crippen LogP contribution in [0.4, 0.5) is 0 Å². The maximum absolute atomic E-state index is 13.0. The van der Waals surface area contributed by atoms with Crippen LogP contribution in [0.25, 0.3) is 11.1 Å². The van der Waals surface area contributed by atoms with E-state index in [1.807, 2.05) is 43.3 Å². The molecular formula is C31H32N2O5. The second-order valence-corrected chi connectivity index (χ2v) is 9.89. The van der Waals surface area contributed by atoms with Gasteiger partial charge in [-0.25, -0.2) is 4.79 Å². The molecule has 1 heterocycles. The molecule has 5 rings (SSSR count). The first-order valence-corrected chi connectivity index (χ1v) is 13.1. The van der Waals surface area contributed by atoms with Crippen molar-refractivity contribution in [1.82, 2.24) is 10.2 Å². The Labute approximate surface area is 222 Å². The van der Waals surface area contributed by atoms with E-state index >= 15 is 0 Å². The average molecular weight is 513 g/mol. The maximum atomic E-state index is 13.0. The van der Waals surface area contributed by atoms with Crippen LogP contribution in [0.1, 0.15) is 51.9 Å². The van der Waals surface area contributed by atoms with Gasteiger partial charge in [-0.15, -0.1) is 0 Å². The standard InChI is InChI=1S/C31H32N2O5/c1-2-38-19-29(34)33-14-13-25-24(21-9-6-10-22(15-21)31(36)37)12-11-23(28(25)18-33)17-32-30(35)27-16-26(27)20-7-4-3-5-8-20/h3-12,15,26-27H,2,13-14,16-19H2,1H3,(H,32,35)(H,36,37)/t26-,27+/m1/s1. The number of carbonyl (C=O) groups excluding carboxylic acids is 2. The van der Waals surface area contributed by atoms with Gasteiger partial charge < -0.3 is 20.1 Å². The van der Waals surface area contributed by atoms with Crippen LogP contribution in [0.5, 0.6) is 0 Å². The predicted molar refractivity (Wildman–Crippen MR) is 144 cm³/mol. The lowest BCUT2D eigenvalue weighted by Crippen LogP contribution is -2.39. The van der Waals surface area contributed by atoms with Gasteiger partial charge in [0.05, 0.1) is 5.56 Å². The molecule has 1 aliphatic heterocycles. The minimum Gasteiger partial charge on any atom is -0.478 e. The Morgan fingerprint density at radius 3 is 2.61 bits per heavy atom. The van der Waals surface area contributed by atoms with E-state index in [4.69, 9.17) is 4.74 Å². The largest absolute Gasteiger partial charge is 0.478 e. The Morgan fingerprint density at radius 2 is 1.84 bits per heavy atom. The number of aromatic carboxylic acids is 1. The van der Waals surface area contributed by atoms with Crippen molar-refractivity contribution in [2.75, 3.05) is 19.8 Å². The number of carboxylic acids is 1.